The molecule has 2 aromatic rings. The third kappa shape index (κ3) is 4.59. The molecule has 0 radical (unpaired) electrons. The van der Waals surface area contributed by atoms with Crippen molar-refractivity contribution in [2.45, 2.75) is 39.2 Å². The normalized spacial score (nSPS) is 10.9. The summed E-state index contributed by atoms with van der Waals surface area (Å²) in [6, 6.07) is 4.60. The summed E-state index contributed by atoms with van der Waals surface area (Å²) >= 11 is 0. The third-order valence-corrected chi connectivity index (χ3v) is 3.51. The number of nitrogens with two attached hydrogens (primary N) is 1. The van der Waals surface area contributed by atoms with E-state index in [1.807, 2.05) is 0 Å². The van der Waals surface area contributed by atoms with Crippen molar-refractivity contribution < 1.29 is 13.9 Å². The molecule has 0 saturated heterocycles. The molecular weight excluding hydrogens is 299 g/mol. The number of carbonyl (C=O) groups excluding carboxylic acids is 1. The van der Waals surface area contributed by atoms with Crippen LogP contribution in [0.25, 0.3) is 11.3 Å². The Kier molecular flexibility index (Phi) is 6.22. The van der Waals surface area contributed by atoms with E-state index in [9.17, 15) is 9.18 Å². The zero-order valence-electron chi connectivity index (χ0n) is 13.1. The van der Waals surface area contributed by atoms with E-state index < -0.39 is 11.7 Å². The minimum absolute atomic E-state index is 0.00989. The van der Waals surface area contributed by atoms with Gasteiger partial charge in [0.05, 0.1) is 6.61 Å². The molecule has 0 aliphatic rings. The second kappa shape index (κ2) is 8.38. The molecule has 7 heteroatoms. The van der Waals surface area contributed by atoms with E-state index in [1.54, 1.807) is 12.1 Å². The van der Waals surface area contributed by atoms with Crippen molar-refractivity contribution in [1.82, 2.24) is 15.4 Å². The quantitative estimate of drug-likeness (QED) is 0.695. The standard InChI is InChI=1S/C16H21FN4O2/c1-2-3-4-5-8-23-10-12-7-6-11(9-13(12)17)14-15(16(18)22)20-21-19-14/h6-7,9H,2-5,8,10H2,1H3,(H2,18,22)(H,19,20,21). The Morgan fingerprint density at radius 3 is 2.83 bits per heavy atom. The predicted molar refractivity (Wildman–Crippen MR) is 84.1 cm³/mol. The molecule has 0 bridgehead atoms. The van der Waals surface area contributed by atoms with Gasteiger partial charge in [-0.15, -0.1) is 0 Å². The minimum Gasteiger partial charge on any atom is -0.377 e. The maximum absolute atomic E-state index is 14.2. The summed E-state index contributed by atoms with van der Waals surface area (Å²) < 4.78 is 19.6. The first-order chi connectivity index (χ1) is 11.1. The number of rotatable bonds is 9. The third-order valence-electron chi connectivity index (χ3n) is 3.51. The maximum Gasteiger partial charge on any atom is 0.271 e. The Bertz CT molecular complexity index is 657. The highest BCUT2D eigenvalue weighted by Crippen LogP contribution is 2.22. The summed E-state index contributed by atoms with van der Waals surface area (Å²) in [5.41, 5.74) is 6.34. The molecule has 0 atom stereocenters. The Morgan fingerprint density at radius 2 is 2.13 bits per heavy atom. The van der Waals surface area contributed by atoms with Crippen molar-refractivity contribution in [1.29, 1.82) is 0 Å². The van der Waals surface area contributed by atoms with Gasteiger partial charge in [-0.25, -0.2) is 4.39 Å². The van der Waals surface area contributed by atoms with Crippen LogP contribution in [0.15, 0.2) is 18.2 Å². The fourth-order valence-electron chi connectivity index (χ4n) is 2.23. The second-order valence-electron chi connectivity index (χ2n) is 5.30. The molecule has 1 amide bonds. The minimum atomic E-state index is -0.714. The zero-order chi connectivity index (χ0) is 16.7. The molecule has 1 heterocycles. The Hall–Kier alpha value is -2.28. The number of unbranched alkanes of at least 4 members (excludes halogenated alkanes) is 3. The molecule has 0 aliphatic carbocycles. The molecule has 1 aromatic heterocycles. The highest BCUT2D eigenvalue weighted by molar-refractivity contribution is 5.96. The lowest BCUT2D eigenvalue weighted by atomic mass is 10.1. The molecule has 0 spiro atoms. The summed E-state index contributed by atoms with van der Waals surface area (Å²) in [4.78, 5) is 11.2. The van der Waals surface area contributed by atoms with Crippen molar-refractivity contribution in [2.24, 2.45) is 5.73 Å². The van der Waals surface area contributed by atoms with Gasteiger partial charge in [0.1, 0.15) is 11.5 Å². The molecule has 0 fully saturated rings. The summed E-state index contributed by atoms with van der Waals surface area (Å²) in [5, 5.41) is 9.84. The molecule has 0 saturated carbocycles. The number of carbonyl (C=O) groups is 1. The lowest BCUT2D eigenvalue weighted by molar-refractivity contribution is 0.0996. The molecule has 3 N–H and O–H groups in total. The number of benzene rings is 1. The number of ether oxygens (including phenoxy) is 1. The summed E-state index contributed by atoms with van der Waals surface area (Å²) in [6.45, 7) is 2.99. The highest BCUT2D eigenvalue weighted by Gasteiger charge is 2.16. The lowest BCUT2D eigenvalue weighted by Crippen LogP contribution is -2.12. The van der Waals surface area contributed by atoms with Crippen LogP contribution in [0, 0.1) is 5.82 Å². The van der Waals surface area contributed by atoms with Crippen LogP contribution < -0.4 is 5.73 Å². The first-order valence-electron chi connectivity index (χ1n) is 7.70. The molecule has 1 aromatic carbocycles. The molecule has 0 unspecified atom stereocenters. The van der Waals surface area contributed by atoms with E-state index in [0.29, 0.717) is 17.7 Å². The number of hydrogen-bond acceptors (Lipinski definition) is 4. The van der Waals surface area contributed by atoms with Crippen molar-refractivity contribution in [3.63, 3.8) is 0 Å². The molecule has 23 heavy (non-hydrogen) atoms. The van der Waals surface area contributed by atoms with Crippen molar-refractivity contribution >= 4 is 5.91 Å². The predicted octanol–water partition coefficient (Wildman–Crippen LogP) is 2.81. The first-order valence-corrected chi connectivity index (χ1v) is 7.70. The maximum atomic E-state index is 14.2. The van der Waals surface area contributed by atoms with Crippen LogP contribution in [0.1, 0.15) is 48.7 Å². The Balaban J connectivity index is 1.98. The van der Waals surface area contributed by atoms with Gasteiger partial charge in [-0.2, -0.15) is 15.4 Å². The zero-order valence-corrected chi connectivity index (χ0v) is 13.1. The fourth-order valence-corrected chi connectivity index (χ4v) is 2.23. The largest absolute Gasteiger partial charge is 0.377 e. The van der Waals surface area contributed by atoms with Crippen LogP contribution in [-0.4, -0.2) is 27.9 Å². The number of nitrogens with zero attached hydrogens (tertiary/aromatic N) is 2. The molecule has 6 nitrogen and oxygen atoms in total. The van der Waals surface area contributed by atoms with E-state index >= 15 is 0 Å². The molecule has 124 valence electrons. The van der Waals surface area contributed by atoms with Gasteiger partial charge in [0.25, 0.3) is 5.91 Å². The highest BCUT2D eigenvalue weighted by atomic mass is 19.1. The van der Waals surface area contributed by atoms with Crippen LogP contribution in [0.3, 0.4) is 0 Å². The smallest absolute Gasteiger partial charge is 0.271 e. The van der Waals surface area contributed by atoms with Crippen LogP contribution in [0.4, 0.5) is 4.39 Å². The van der Waals surface area contributed by atoms with Gasteiger partial charge in [-0.3, -0.25) is 4.79 Å². The molecular formula is C16H21FN4O2. The topological polar surface area (TPSA) is 93.9 Å². The van der Waals surface area contributed by atoms with E-state index in [0.717, 1.165) is 12.8 Å². The van der Waals surface area contributed by atoms with Crippen LogP contribution in [0.2, 0.25) is 0 Å². The average molecular weight is 320 g/mol. The van der Waals surface area contributed by atoms with Crippen molar-refractivity contribution in [2.75, 3.05) is 6.61 Å². The van der Waals surface area contributed by atoms with Gasteiger partial charge < -0.3 is 10.5 Å². The van der Waals surface area contributed by atoms with E-state index in [-0.39, 0.29) is 18.0 Å². The number of hydrogen-bond donors (Lipinski definition) is 2. The summed E-state index contributed by atoms with van der Waals surface area (Å²) in [5.74, 6) is -1.12. The number of primary amides is 1. The molecule has 0 aliphatic heterocycles. The van der Waals surface area contributed by atoms with Gasteiger partial charge in [0, 0.05) is 17.7 Å². The van der Waals surface area contributed by atoms with Crippen LogP contribution >= 0.6 is 0 Å². The second-order valence-corrected chi connectivity index (χ2v) is 5.30. The van der Waals surface area contributed by atoms with Crippen molar-refractivity contribution in [3.8, 4) is 11.3 Å². The number of H-pyrrole nitrogens is 1. The monoisotopic (exact) mass is 320 g/mol. The fraction of sp³-hybridized carbons (Fsp3) is 0.438. The number of aromatic amines is 1. The lowest BCUT2D eigenvalue weighted by Gasteiger charge is -2.07. The Labute approximate surface area is 134 Å². The van der Waals surface area contributed by atoms with Gasteiger partial charge in [-0.1, -0.05) is 38.3 Å². The van der Waals surface area contributed by atoms with E-state index in [2.05, 4.69) is 22.3 Å². The van der Waals surface area contributed by atoms with Gasteiger partial charge in [0.15, 0.2) is 5.69 Å². The van der Waals surface area contributed by atoms with E-state index in [1.165, 1.54) is 18.9 Å². The summed E-state index contributed by atoms with van der Waals surface area (Å²) in [6.07, 6.45) is 4.46. The molecule has 2 rings (SSSR count). The first kappa shape index (κ1) is 17.1. The number of nitrogens with one attached hydrogen (secondary N) is 1. The van der Waals surface area contributed by atoms with Crippen LogP contribution in [-0.2, 0) is 11.3 Å². The SMILES string of the molecule is CCCCCCOCc1ccc(-c2n[nH]nc2C(N)=O)cc1F. The van der Waals surface area contributed by atoms with Gasteiger partial charge in [0.2, 0.25) is 0 Å². The number of amides is 1. The average Bonchev–Trinajstić information content (AvgIpc) is 3.02. The van der Waals surface area contributed by atoms with Crippen LogP contribution in [0.5, 0.6) is 0 Å². The summed E-state index contributed by atoms with van der Waals surface area (Å²) in [7, 11) is 0. The van der Waals surface area contributed by atoms with Crippen molar-refractivity contribution in [3.05, 3.63) is 35.3 Å². The number of aromatic nitrogens is 3. The van der Waals surface area contributed by atoms with E-state index in [4.69, 9.17) is 10.5 Å². The van der Waals surface area contributed by atoms with Gasteiger partial charge >= 0.3 is 0 Å². The van der Waals surface area contributed by atoms with Gasteiger partial charge in [-0.05, 0) is 12.5 Å². The number of halogens is 1. The Morgan fingerprint density at radius 1 is 1.30 bits per heavy atom.